The van der Waals surface area contributed by atoms with E-state index in [2.05, 4.69) is 0 Å². The molecular formula is C16H17N3O4. The Bertz CT molecular complexity index is 712. The fourth-order valence-electron chi connectivity index (χ4n) is 4.02. The molecular weight excluding hydrogens is 298 g/mol. The molecule has 1 aromatic carbocycles. The SMILES string of the molecule is COC(=O)C12CCCC1CN(c1ccc(C#N)cc1[N+](=O)[O-])C2. The van der Waals surface area contributed by atoms with Gasteiger partial charge < -0.3 is 9.64 Å². The summed E-state index contributed by atoms with van der Waals surface area (Å²) in [6.07, 6.45) is 2.66. The molecule has 7 heteroatoms. The van der Waals surface area contributed by atoms with Crippen LogP contribution in [-0.4, -0.2) is 31.1 Å². The van der Waals surface area contributed by atoms with E-state index >= 15 is 0 Å². The lowest BCUT2D eigenvalue weighted by atomic mass is 9.81. The highest BCUT2D eigenvalue weighted by molar-refractivity contribution is 5.80. The molecule has 23 heavy (non-hydrogen) atoms. The maximum atomic E-state index is 12.3. The van der Waals surface area contributed by atoms with Gasteiger partial charge in [-0.2, -0.15) is 5.26 Å². The van der Waals surface area contributed by atoms with Gasteiger partial charge >= 0.3 is 5.97 Å². The molecule has 1 aliphatic carbocycles. The maximum Gasteiger partial charge on any atom is 0.313 e. The third-order valence-corrected chi connectivity index (χ3v) is 5.10. The summed E-state index contributed by atoms with van der Waals surface area (Å²) < 4.78 is 4.99. The average Bonchev–Trinajstić information content (AvgIpc) is 3.11. The molecule has 120 valence electrons. The van der Waals surface area contributed by atoms with Gasteiger partial charge in [-0.3, -0.25) is 14.9 Å². The first kappa shape index (κ1) is 15.3. The quantitative estimate of drug-likeness (QED) is 0.482. The molecule has 0 N–H and O–H groups in total. The van der Waals surface area contributed by atoms with Crippen molar-refractivity contribution in [2.75, 3.05) is 25.1 Å². The third kappa shape index (κ3) is 2.31. The van der Waals surface area contributed by atoms with Crippen LogP contribution in [0.25, 0.3) is 0 Å². The molecule has 1 aromatic rings. The van der Waals surface area contributed by atoms with Crippen LogP contribution in [0.3, 0.4) is 0 Å². The molecule has 1 saturated heterocycles. The predicted octanol–water partition coefficient (Wildman–Crippen LogP) is 2.25. The van der Waals surface area contributed by atoms with Crippen LogP contribution < -0.4 is 4.90 Å². The molecule has 2 fully saturated rings. The van der Waals surface area contributed by atoms with E-state index in [9.17, 15) is 14.9 Å². The van der Waals surface area contributed by atoms with Crippen molar-refractivity contribution < 1.29 is 14.5 Å². The first-order valence-corrected chi connectivity index (χ1v) is 7.54. The number of carbonyl (C=O) groups excluding carboxylic acids is 1. The van der Waals surface area contributed by atoms with Gasteiger partial charge in [0.25, 0.3) is 5.69 Å². The fourth-order valence-corrected chi connectivity index (χ4v) is 4.02. The van der Waals surface area contributed by atoms with Crippen molar-refractivity contribution in [3.05, 3.63) is 33.9 Å². The topological polar surface area (TPSA) is 96.5 Å². The van der Waals surface area contributed by atoms with E-state index in [1.807, 2.05) is 11.0 Å². The van der Waals surface area contributed by atoms with Crippen molar-refractivity contribution in [1.82, 2.24) is 0 Å². The van der Waals surface area contributed by atoms with Gasteiger partial charge in [-0.25, -0.2) is 0 Å². The van der Waals surface area contributed by atoms with E-state index < -0.39 is 10.3 Å². The van der Waals surface area contributed by atoms with E-state index in [0.29, 0.717) is 18.8 Å². The monoisotopic (exact) mass is 315 g/mol. The van der Waals surface area contributed by atoms with Gasteiger partial charge in [-0.1, -0.05) is 6.42 Å². The molecule has 0 spiro atoms. The number of nitro benzene ring substituents is 1. The Hall–Kier alpha value is -2.62. The minimum absolute atomic E-state index is 0.0935. The predicted molar refractivity (Wildman–Crippen MR) is 81.8 cm³/mol. The summed E-state index contributed by atoms with van der Waals surface area (Å²) in [6.45, 7) is 1.03. The molecule has 2 unspecified atom stereocenters. The molecule has 2 atom stereocenters. The number of hydrogen-bond acceptors (Lipinski definition) is 6. The van der Waals surface area contributed by atoms with Gasteiger partial charge in [0.2, 0.25) is 0 Å². The zero-order valence-electron chi connectivity index (χ0n) is 12.8. The third-order valence-electron chi connectivity index (χ3n) is 5.10. The van der Waals surface area contributed by atoms with Crippen LogP contribution in [0, 0.1) is 32.8 Å². The van der Waals surface area contributed by atoms with E-state index in [4.69, 9.17) is 10.00 Å². The Kier molecular flexibility index (Phi) is 3.68. The molecule has 3 rings (SSSR count). The second-order valence-corrected chi connectivity index (χ2v) is 6.19. The Morgan fingerprint density at radius 2 is 2.35 bits per heavy atom. The number of nitrogens with zero attached hydrogens (tertiary/aromatic N) is 3. The second-order valence-electron chi connectivity index (χ2n) is 6.19. The van der Waals surface area contributed by atoms with Crippen molar-refractivity contribution in [3.63, 3.8) is 0 Å². The minimum atomic E-state index is -0.559. The van der Waals surface area contributed by atoms with E-state index in [0.717, 1.165) is 19.3 Å². The number of benzene rings is 1. The van der Waals surface area contributed by atoms with E-state index in [1.165, 1.54) is 13.2 Å². The van der Waals surface area contributed by atoms with Crippen LogP contribution in [0.15, 0.2) is 18.2 Å². The van der Waals surface area contributed by atoms with E-state index in [-0.39, 0.29) is 23.1 Å². The molecule has 0 bridgehead atoms. The minimum Gasteiger partial charge on any atom is -0.469 e. The first-order chi connectivity index (χ1) is 11.0. The molecule has 0 amide bonds. The number of esters is 1. The Morgan fingerprint density at radius 1 is 1.57 bits per heavy atom. The van der Waals surface area contributed by atoms with Crippen molar-refractivity contribution in [3.8, 4) is 6.07 Å². The highest BCUT2D eigenvalue weighted by Gasteiger charge is 2.56. The van der Waals surface area contributed by atoms with Crippen LogP contribution in [0.5, 0.6) is 0 Å². The number of rotatable bonds is 3. The van der Waals surface area contributed by atoms with Crippen LogP contribution >= 0.6 is 0 Å². The smallest absolute Gasteiger partial charge is 0.313 e. The fraction of sp³-hybridized carbons (Fsp3) is 0.500. The number of anilines is 1. The largest absolute Gasteiger partial charge is 0.469 e. The summed E-state index contributed by atoms with van der Waals surface area (Å²) in [5.41, 5.74) is 0.0644. The van der Waals surface area contributed by atoms with Gasteiger partial charge in [-0.05, 0) is 30.9 Å². The second kappa shape index (κ2) is 5.54. The number of ether oxygens (including phenoxy) is 1. The first-order valence-electron chi connectivity index (χ1n) is 7.54. The maximum absolute atomic E-state index is 12.3. The number of hydrogen-bond donors (Lipinski definition) is 0. The van der Waals surface area contributed by atoms with Crippen LogP contribution in [0.1, 0.15) is 24.8 Å². The Balaban J connectivity index is 1.97. The molecule has 1 aliphatic heterocycles. The summed E-state index contributed by atoms with van der Waals surface area (Å²) in [5.74, 6) is -0.0657. The van der Waals surface area contributed by atoms with E-state index in [1.54, 1.807) is 12.1 Å². The number of carbonyl (C=O) groups is 1. The van der Waals surface area contributed by atoms with Crippen LogP contribution in [0.4, 0.5) is 11.4 Å². The van der Waals surface area contributed by atoms with Crippen molar-refractivity contribution in [2.24, 2.45) is 11.3 Å². The zero-order chi connectivity index (χ0) is 16.6. The van der Waals surface area contributed by atoms with Crippen molar-refractivity contribution in [1.29, 1.82) is 5.26 Å². The lowest BCUT2D eigenvalue weighted by molar-refractivity contribution is -0.384. The van der Waals surface area contributed by atoms with Gasteiger partial charge in [0.05, 0.1) is 29.1 Å². The highest BCUT2D eigenvalue weighted by atomic mass is 16.6. The molecule has 1 heterocycles. The number of nitriles is 1. The summed E-state index contributed by atoms with van der Waals surface area (Å²) in [7, 11) is 1.39. The Labute approximate surface area is 133 Å². The number of methoxy groups -OCH3 is 1. The van der Waals surface area contributed by atoms with Crippen molar-refractivity contribution >= 4 is 17.3 Å². The van der Waals surface area contributed by atoms with Gasteiger partial charge in [-0.15, -0.1) is 0 Å². The normalized spacial score (nSPS) is 25.7. The van der Waals surface area contributed by atoms with Gasteiger partial charge in [0.15, 0.2) is 0 Å². The van der Waals surface area contributed by atoms with Gasteiger partial charge in [0.1, 0.15) is 5.69 Å². The van der Waals surface area contributed by atoms with Crippen LogP contribution in [-0.2, 0) is 9.53 Å². The van der Waals surface area contributed by atoms with Crippen molar-refractivity contribution in [2.45, 2.75) is 19.3 Å². The number of fused-ring (bicyclic) bond motifs is 1. The zero-order valence-corrected chi connectivity index (χ0v) is 12.8. The number of nitro groups is 1. The molecule has 0 radical (unpaired) electrons. The lowest BCUT2D eigenvalue weighted by Gasteiger charge is -2.25. The molecule has 2 aliphatic rings. The molecule has 0 aromatic heterocycles. The molecule has 1 saturated carbocycles. The van der Waals surface area contributed by atoms with Crippen LogP contribution in [0.2, 0.25) is 0 Å². The summed E-state index contributed by atoms with van der Waals surface area (Å²) >= 11 is 0. The summed E-state index contributed by atoms with van der Waals surface area (Å²) in [5, 5.41) is 20.3. The summed E-state index contributed by atoms with van der Waals surface area (Å²) in [6, 6.07) is 6.37. The lowest BCUT2D eigenvalue weighted by Crippen LogP contribution is -2.37. The highest BCUT2D eigenvalue weighted by Crippen LogP contribution is 2.51. The van der Waals surface area contributed by atoms with Gasteiger partial charge in [0, 0.05) is 19.2 Å². The standard InChI is InChI=1S/C16H17N3O4/c1-23-15(20)16-6-2-3-12(16)9-18(10-16)13-5-4-11(8-17)7-14(13)19(21)22/h4-5,7,12H,2-3,6,9-10H2,1H3. The molecule has 7 nitrogen and oxygen atoms in total. The average molecular weight is 315 g/mol. The summed E-state index contributed by atoms with van der Waals surface area (Å²) in [4.78, 5) is 25.0. The Morgan fingerprint density at radius 3 is 3.00 bits per heavy atom.